The summed E-state index contributed by atoms with van der Waals surface area (Å²) in [7, 11) is 1.77. The zero-order valence-electron chi connectivity index (χ0n) is 26.4. The lowest BCUT2D eigenvalue weighted by atomic mass is 9.73. The normalized spacial score (nSPS) is 16.6. The predicted octanol–water partition coefficient (Wildman–Crippen LogP) is 9.40. The van der Waals surface area contributed by atoms with Crippen LogP contribution < -0.4 is 4.57 Å². The summed E-state index contributed by atoms with van der Waals surface area (Å²) in [4.78, 5) is 0. The van der Waals surface area contributed by atoms with Crippen LogP contribution in [0.15, 0.2) is 84.4 Å². The molecule has 1 aliphatic heterocycles. The molecule has 4 heteroatoms. The lowest BCUT2D eigenvalue weighted by Gasteiger charge is -2.34. The molecule has 0 radical (unpaired) electrons. The van der Waals surface area contributed by atoms with Gasteiger partial charge in [-0.25, -0.2) is 0 Å². The highest BCUT2D eigenvalue weighted by atomic mass is 32.1. The Morgan fingerprint density at radius 3 is 2.49 bits per heavy atom. The molecule has 0 fully saturated rings. The van der Waals surface area contributed by atoms with Crippen molar-refractivity contribution in [1.82, 2.24) is 0 Å². The number of hydrogen-bond donors (Lipinski definition) is 1. The Morgan fingerprint density at radius 2 is 1.79 bits per heavy atom. The Morgan fingerprint density at radius 1 is 1.02 bits per heavy atom. The number of rotatable bonds is 8. The Labute approximate surface area is 260 Å². The number of aliphatic hydroxyl groups is 1. The minimum Gasteiger partial charge on any atom is -0.392 e. The number of methoxy groups -OCH3 is 1. The van der Waals surface area contributed by atoms with Gasteiger partial charge in [-0.05, 0) is 80.3 Å². The van der Waals surface area contributed by atoms with Gasteiger partial charge in [0.25, 0.3) is 0 Å². The van der Waals surface area contributed by atoms with Gasteiger partial charge in [0.05, 0.1) is 18.1 Å². The van der Waals surface area contributed by atoms with Crippen molar-refractivity contribution in [3.63, 3.8) is 0 Å². The molecule has 0 spiro atoms. The number of hydrogen-bond acceptors (Lipinski definition) is 3. The van der Waals surface area contributed by atoms with Gasteiger partial charge in [0.2, 0.25) is 5.69 Å². The first-order chi connectivity index (χ1) is 20.6. The maximum atomic E-state index is 10.5. The van der Waals surface area contributed by atoms with Gasteiger partial charge in [0.1, 0.15) is 0 Å². The zero-order valence-corrected chi connectivity index (χ0v) is 27.2. The second kappa shape index (κ2) is 11.6. The van der Waals surface area contributed by atoms with Gasteiger partial charge in [0, 0.05) is 41.5 Å². The monoisotopic (exact) mass is 590 g/mol. The summed E-state index contributed by atoms with van der Waals surface area (Å²) in [5, 5.41) is 16.8. The van der Waals surface area contributed by atoms with Gasteiger partial charge >= 0.3 is 0 Å². The summed E-state index contributed by atoms with van der Waals surface area (Å²) in [6.45, 7) is 16.5. The fraction of sp³-hybridized carbons (Fsp3) is 0.359. The first-order valence-corrected chi connectivity index (χ1v) is 16.4. The third-order valence-electron chi connectivity index (χ3n) is 9.08. The van der Waals surface area contributed by atoms with Crippen LogP contribution in [0.5, 0.6) is 0 Å². The van der Waals surface area contributed by atoms with E-state index in [-0.39, 0.29) is 24.0 Å². The average Bonchev–Trinajstić information content (AvgIpc) is 3.40. The van der Waals surface area contributed by atoms with Gasteiger partial charge < -0.3 is 9.84 Å². The molecule has 0 amide bonds. The third kappa shape index (κ3) is 5.24. The second-order valence-electron chi connectivity index (χ2n) is 13.6. The van der Waals surface area contributed by atoms with Crippen molar-refractivity contribution >= 4 is 32.2 Å². The van der Waals surface area contributed by atoms with Gasteiger partial charge in [-0.15, -0.1) is 11.3 Å². The summed E-state index contributed by atoms with van der Waals surface area (Å²) in [6.07, 6.45) is 4.14. The molecule has 3 aromatic carbocycles. The van der Waals surface area contributed by atoms with Crippen molar-refractivity contribution in [2.24, 2.45) is 5.92 Å². The predicted molar refractivity (Wildman–Crippen MR) is 182 cm³/mol. The van der Waals surface area contributed by atoms with E-state index in [0.29, 0.717) is 12.5 Å². The van der Waals surface area contributed by atoms with Crippen molar-refractivity contribution in [2.45, 2.75) is 64.8 Å². The second-order valence-corrected chi connectivity index (χ2v) is 14.5. The Hall–Kier alpha value is -3.31. The molecule has 0 saturated heterocycles. The number of pyridine rings is 1. The van der Waals surface area contributed by atoms with Crippen molar-refractivity contribution < 1.29 is 14.4 Å². The van der Waals surface area contributed by atoms with Gasteiger partial charge in [-0.3, -0.25) is 0 Å². The van der Waals surface area contributed by atoms with Crippen molar-refractivity contribution in [1.29, 1.82) is 0 Å². The van der Waals surface area contributed by atoms with Crippen LogP contribution >= 0.6 is 11.3 Å². The maximum absolute atomic E-state index is 10.5. The van der Waals surface area contributed by atoms with Crippen LogP contribution in [-0.4, -0.2) is 25.4 Å². The zero-order chi connectivity index (χ0) is 30.5. The highest BCUT2D eigenvalue weighted by Crippen LogP contribution is 2.49. The number of aliphatic hydroxyl groups excluding tert-OH is 1. The Kier molecular flexibility index (Phi) is 8.06. The van der Waals surface area contributed by atoms with Crippen LogP contribution in [-0.2, 0) is 16.6 Å². The number of thiophene rings is 1. The molecule has 3 nitrogen and oxygen atoms in total. The number of benzene rings is 3. The van der Waals surface area contributed by atoms with Crippen molar-refractivity contribution in [3.05, 3.63) is 101 Å². The third-order valence-corrected chi connectivity index (χ3v) is 10.1. The van der Waals surface area contributed by atoms with Gasteiger partial charge in [-0.2, -0.15) is 4.57 Å². The largest absolute Gasteiger partial charge is 0.392 e. The molecule has 222 valence electrons. The lowest BCUT2D eigenvalue weighted by Crippen LogP contribution is -2.49. The highest BCUT2D eigenvalue weighted by Gasteiger charge is 2.43. The van der Waals surface area contributed by atoms with Crippen LogP contribution in [0.2, 0.25) is 0 Å². The van der Waals surface area contributed by atoms with Crippen LogP contribution in [0.25, 0.3) is 43.2 Å². The molecule has 43 heavy (non-hydrogen) atoms. The lowest BCUT2D eigenvalue weighted by molar-refractivity contribution is -0.709. The minimum absolute atomic E-state index is 0.0291. The van der Waals surface area contributed by atoms with Crippen LogP contribution in [0.1, 0.15) is 69.7 Å². The number of ether oxygens (including phenoxy) is 1. The standard InChI is InChI=1S/C39H44NO2S/c1-24(2)19-27-23-43-35-14-10-13-28(36(27)35)26-15-17-40-34(20-26)32-21-33(39(4,5)6)29-11-8-9-12-30(29)37(32)31(16-18-42-7)38(40)25(3)22-41/h8-15,17,20-21,23-24,31,38,41H,3,16,18-19,22H2,1-2,4-7H3/q+1. The van der Waals surface area contributed by atoms with Crippen LogP contribution in [0.3, 0.4) is 0 Å². The maximum Gasteiger partial charge on any atom is 0.213 e. The molecule has 3 heterocycles. The topological polar surface area (TPSA) is 33.3 Å². The highest BCUT2D eigenvalue weighted by molar-refractivity contribution is 7.17. The molecule has 1 aliphatic rings. The fourth-order valence-corrected chi connectivity index (χ4v) is 8.22. The average molecular weight is 591 g/mol. The van der Waals surface area contributed by atoms with Crippen molar-refractivity contribution in [2.75, 3.05) is 20.3 Å². The molecule has 0 saturated carbocycles. The van der Waals surface area contributed by atoms with E-state index in [1.54, 1.807) is 7.11 Å². The van der Waals surface area contributed by atoms with E-state index < -0.39 is 0 Å². The number of aromatic nitrogens is 1. The van der Waals surface area contributed by atoms with E-state index in [1.165, 1.54) is 59.9 Å². The molecule has 6 rings (SSSR count). The van der Waals surface area contributed by atoms with E-state index in [9.17, 15) is 5.11 Å². The van der Waals surface area contributed by atoms with Gasteiger partial charge in [0.15, 0.2) is 12.2 Å². The van der Waals surface area contributed by atoms with E-state index in [4.69, 9.17) is 4.74 Å². The van der Waals surface area contributed by atoms with E-state index in [1.807, 2.05) is 11.3 Å². The molecule has 2 atom stereocenters. The molecular weight excluding hydrogens is 547 g/mol. The SMILES string of the molecule is C=C(CO)C1C(CCOC)c2c(cc(C(C)(C)C)c3ccccc23)-c2cc(-c3cccc4scc(CC(C)C)c34)cc[n+]21. The van der Waals surface area contributed by atoms with Crippen molar-refractivity contribution in [3.8, 4) is 22.4 Å². The summed E-state index contributed by atoms with van der Waals surface area (Å²) in [5.74, 6) is 0.713. The molecular formula is C39H44NO2S+. The van der Waals surface area contributed by atoms with Gasteiger partial charge in [-0.1, -0.05) is 77.6 Å². The quantitative estimate of drug-likeness (QED) is 0.144. The molecule has 2 unspecified atom stereocenters. The summed E-state index contributed by atoms with van der Waals surface area (Å²) < 4.78 is 9.36. The summed E-state index contributed by atoms with van der Waals surface area (Å²) in [5.41, 5.74) is 9.88. The summed E-state index contributed by atoms with van der Waals surface area (Å²) >= 11 is 1.85. The molecule has 1 N–H and O–H groups in total. The van der Waals surface area contributed by atoms with E-state index >= 15 is 0 Å². The van der Waals surface area contributed by atoms with E-state index in [2.05, 4.69) is 118 Å². The smallest absolute Gasteiger partial charge is 0.213 e. The molecule has 0 bridgehead atoms. The van der Waals surface area contributed by atoms with E-state index in [0.717, 1.165) is 18.4 Å². The Bertz CT molecular complexity index is 1820. The summed E-state index contributed by atoms with van der Waals surface area (Å²) in [6, 6.07) is 22.6. The van der Waals surface area contributed by atoms with Crippen LogP contribution in [0.4, 0.5) is 0 Å². The first-order valence-electron chi connectivity index (χ1n) is 15.5. The Balaban J connectivity index is 1.68. The fourth-order valence-electron chi connectivity index (χ4n) is 7.23. The first kappa shape index (κ1) is 29.7. The molecule has 5 aromatic rings. The number of nitrogens with zero attached hydrogens (tertiary/aromatic N) is 1. The molecule has 2 aromatic heterocycles. The minimum atomic E-state index is -0.0750. The molecule has 0 aliphatic carbocycles. The van der Waals surface area contributed by atoms with Crippen LogP contribution in [0, 0.1) is 5.92 Å². The number of fused-ring (bicyclic) bond motifs is 6.